The van der Waals surface area contributed by atoms with Crippen molar-refractivity contribution >= 4 is 5.78 Å². The lowest BCUT2D eigenvalue weighted by Gasteiger charge is -2.02. The number of Topliss-reactive ketones (excluding diaryl/α,β-unsaturated/α-hetero) is 1. The number of aryl methyl sites for hydroxylation is 1. The molecule has 1 aromatic carbocycles. The second kappa shape index (κ2) is 3.60. The molecule has 0 aliphatic rings. The summed E-state index contributed by atoms with van der Waals surface area (Å²) in [5.74, 6) is -2.34. The van der Waals surface area contributed by atoms with Crippen LogP contribution in [0.5, 0.6) is 0 Å². The van der Waals surface area contributed by atoms with Crippen molar-refractivity contribution in [2.24, 2.45) is 0 Å². The van der Waals surface area contributed by atoms with Crippen molar-refractivity contribution in [2.45, 2.75) is 13.3 Å². The van der Waals surface area contributed by atoms with Gasteiger partial charge in [-0.15, -0.1) is 0 Å². The summed E-state index contributed by atoms with van der Waals surface area (Å²) in [4.78, 5) is 10.7. The van der Waals surface area contributed by atoms with Crippen molar-refractivity contribution < 1.29 is 18.0 Å². The van der Waals surface area contributed by atoms with E-state index in [9.17, 15) is 18.0 Å². The van der Waals surface area contributed by atoms with Gasteiger partial charge in [-0.2, -0.15) is 0 Å². The number of rotatable bonds is 2. The van der Waals surface area contributed by atoms with Gasteiger partial charge in [-0.25, -0.2) is 13.2 Å². The van der Waals surface area contributed by atoms with Gasteiger partial charge < -0.3 is 0 Å². The Bertz CT molecular complexity index is 334. The van der Waals surface area contributed by atoms with Gasteiger partial charge in [-0.05, 0) is 18.6 Å². The Morgan fingerprint density at radius 3 is 2.54 bits per heavy atom. The molecular formula is C9H7F3O. The van der Waals surface area contributed by atoms with E-state index in [1.165, 1.54) is 19.1 Å². The first kappa shape index (κ1) is 9.77. The predicted octanol–water partition coefficient (Wildman–Crippen LogP) is 2.58. The van der Waals surface area contributed by atoms with Crippen molar-refractivity contribution in [3.63, 3.8) is 0 Å². The van der Waals surface area contributed by atoms with Gasteiger partial charge in [0.2, 0.25) is 5.78 Å². The highest BCUT2D eigenvalue weighted by atomic mass is 19.3. The normalized spacial score (nSPS) is 10.5. The number of carbonyl (C=O) groups is 1. The minimum Gasteiger partial charge on any atom is -0.288 e. The molecular weight excluding hydrogens is 181 g/mol. The number of alkyl halides is 2. The van der Waals surface area contributed by atoms with Gasteiger partial charge >= 0.3 is 6.43 Å². The molecule has 0 saturated carbocycles. The summed E-state index contributed by atoms with van der Waals surface area (Å²) in [5, 5.41) is 0. The largest absolute Gasteiger partial charge is 0.300 e. The summed E-state index contributed by atoms with van der Waals surface area (Å²) >= 11 is 0. The van der Waals surface area contributed by atoms with Crippen LogP contribution in [-0.4, -0.2) is 12.2 Å². The monoisotopic (exact) mass is 188 g/mol. The molecule has 0 aliphatic heterocycles. The molecule has 0 spiro atoms. The van der Waals surface area contributed by atoms with E-state index in [2.05, 4.69) is 0 Å². The SMILES string of the molecule is Cc1cccc(C(=O)C(F)F)c1F. The zero-order valence-electron chi connectivity index (χ0n) is 6.85. The number of benzene rings is 1. The minimum absolute atomic E-state index is 0.187. The highest BCUT2D eigenvalue weighted by molar-refractivity contribution is 5.98. The molecule has 0 aromatic heterocycles. The van der Waals surface area contributed by atoms with Crippen LogP contribution in [0, 0.1) is 12.7 Å². The zero-order chi connectivity index (χ0) is 10.0. The maximum Gasteiger partial charge on any atom is 0.300 e. The summed E-state index contributed by atoms with van der Waals surface area (Å²) in [6.07, 6.45) is -3.16. The van der Waals surface area contributed by atoms with Gasteiger partial charge in [0.25, 0.3) is 0 Å². The van der Waals surface area contributed by atoms with Gasteiger partial charge in [0.15, 0.2) is 0 Å². The Labute approximate surface area is 73.2 Å². The molecule has 0 heterocycles. The van der Waals surface area contributed by atoms with Crippen LogP contribution in [0.15, 0.2) is 18.2 Å². The fourth-order valence-corrected chi connectivity index (χ4v) is 0.955. The first-order chi connectivity index (χ1) is 6.04. The molecule has 4 heteroatoms. The molecule has 1 nitrogen and oxygen atoms in total. The lowest BCUT2D eigenvalue weighted by molar-refractivity contribution is 0.0674. The van der Waals surface area contributed by atoms with Gasteiger partial charge in [0.1, 0.15) is 5.82 Å². The molecule has 70 valence electrons. The summed E-state index contributed by atoms with van der Waals surface area (Å²) in [7, 11) is 0. The van der Waals surface area contributed by atoms with E-state index < -0.39 is 23.6 Å². The highest BCUT2D eigenvalue weighted by Crippen LogP contribution is 2.15. The molecule has 13 heavy (non-hydrogen) atoms. The third-order valence-corrected chi connectivity index (χ3v) is 1.66. The standard InChI is InChI=1S/C9H7F3O/c1-5-3-2-4-6(7(5)10)8(13)9(11)12/h2-4,9H,1H3. The maximum atomic E-state index is 13.1. The van der Waals surface area contributed by atoms with Gasteiger partial charge in [0.05, 0.1) is 5.56 Å². The fourth-order valence-electron chi connectivity index (χ4n) is 0.955. The quantitative estimate of drug-likeness (QED) is 0.652. The van der Waals surface area contributed by atoms with Crippen LogP contribution in [0.1, 0.15) is 15.9 Å². The van der Waals surface area contributed by atoms with E-state index in [1.807, 2.05) is 0 Å². The average Bonchev–Trinajstić information content (AvgIpc) is 2.08. The zero-order valence-corrected chi connectivity index (χ0v) is 6.85. The number of hydrogen-bond donors (Lipinski definition) is 0. The molecule has 0 amide bonds. The molecule has 0 fully saturated rings. The van der Waals surface area contributed by atoms with E-state index in [4.69, 9.17) is 0 Å². The van der Waals surface area contributed by atoms with Gasteiger partial charge in [-0.1, -0.05) is 12.1 Å². The van der Waals surface area contributed by atoms with Crippen LogP contribution in [0.2, 0.25) is 0 Å². The van der Waals surface area contributed by atoms with Gasteiger partial charge in [0, 0.05) is 0 Å². The molecule has 0 radical (unpaired) electrons. The van der Waals surface area contributed by atoms with E-state index in [1.54, 1.807) is 0 Å². The van der Waals surface area contributed by atoms with E-state index in [0.29, 0.717) is 0 Å². The Balaban J connectivity index is 3.15. The van der Waals surface area contributed by atoms with Crippen molar-refractivity contribution in [1.82, 2.24) is 0 Å². The van der Waals surface area contributed by atoms with Crippen LogP contribution in [0.3, 0.4) is 0 Å². The summed E-state index contributed by atoms with van der Waals surface area (Å²) in [6, 6.07) is 3.84. The van der Waals surface area contributed by atoms with Crippen LogP contribution in [0.4, 0.5) is 13.2 Å². The predicted molar refractivity (Wildman–Crippen MR) is 41.5 cm³/mol. The molecule has 0 bridgehead atoms. The van der Waals surface area contributed by atoms with Crippen LogP contribution in [-0.2, 0) is 0 Å². The Kier molecular flexibility index (Phi) is 2.70. The number of ketones is 1. The first-order valence-corrected chi connectivity index (χ1v) is 3.61. The molecule has 0 aliphatic carbocycles. The first-order valence-electron chi connectivity index (χ1n) is 3.61. The molecule has 1 rings (SSSR count). The van der Waals surface area contributed by atoms with Crippen LogP contribution < -0.4 is 0 Å². The smallest absolute Gasteiger partial charge is 0.288 e. The third kappa shape index (κ3) is 1.88. The van der Waals surface area contributed by atoms with Crippen molar-refractivity contribution in [1.29, 1.82) is 0 Å². The molecule has 0 N–H and O–H groups in total. The summed E-state index contributed by atoms with van der Waals surface area (Å²) in [5.41, 5.74) is -0.360. The number of halogens is 3. The second-order valence-electron chi connectivity index (χ2n) is 2.60. The van der Waals surface area contributed by atoms with Gasteiger partial charge in [-0.3, -0.25) is 4.79 Å². The van der Waals surface area contributed by atoms with Crippen molar-refractivity contribution in [3.05, 3.63) is 35.1 Å². The Hall–Kier alpha value is -1.32. The van der Waals surface area contributed by atoms with Crippen molar-refractivity contribution in [3.8, 4) is 0 Å². The summed E-state index contributed by atoms with van der Waals surface area (Å²) in [6.45, 7) is 1.41. The third-order valence-electron chi connectivity index (χ3n) is 1.66. The minimum atomic E-state index is -3.16. The number of carbonyl (C=O) groups excluding carboxylic acids is 1. The van der Waals surface area contributed by atoms with E-state index in [0.717, 1.165) is 6.07 Å². The lowest BCUT2D eigenvalue weighted by Crippen LogP contribution is -2.12. The fraction of sp³-hybridized carbons (Fsp3) is 0.222. The molecule has 0 unspecified atom stereocenters. The van der Waals surface area contributed by atoms with Crippen LogP contribution in [0.25, 0.3) is 0 Å². The topological polar surface area (TPSA) is 17.1 Å². The van der Waals surface area contributed by atoms with Crippen molar-refractivity contribution in [2.75, 3.05) is 0 Å². The number of hydrogen-bond acceptors (Lipinski definition) is 1. The highest BCUT2D eigenvalue weighted by Gasteiger charge is 2.21. The molecule has 0 atom stereocenters. The molecule has 0 saturated heterocycles. The van der Waals surface area contributed by atoms with Crippen LogP contribution >= 0.6 is 0 Å². The second-order valence-corrected chi connectivity index (χ2v) is 2.60. The van der Waals surface area contributed by atoms with E-state index in [-0.39, 0.29) is 5.56 Å². The summed E-state index contributed by atoms with van der Waals surface area (Å²) < 4.78 is 36.9. The van der Waals surface area contributed by atoms with E-state index >= 15 is 0 Å². The molecule has 1 aromatic rings. The maximum absolute atomic E-state index is 13.1. The Morgan fingerprint density at radius 2 is 2.00 bits per heavy atom. The Morgan fingerprint density at radius 1 is 1.38 bits per heavy atom. The lowest BCUT2D eigenvalue weighted by atomic mass is 10.1. The average molecular weight is 188 g/mol.